The molecule has 0 aromatic heterocycles. The Morgan fingerprint density at radius 2 is 1.74 bits per heavy atom. The van der Waals surface area contributed by atoms with Crippen LogP contribution in [0, 0.1) is 11.8 Å². The summed E-state index contributed by atoms with van der Waals surface area (Å²) in [4.78, 5) is 25.5. The fourth-order valence-electron chi connectivity index (χ4n) is 2.71. The van der Waals surface area contributed by atoms with Crippen LogP contribution in [-0.2, 0) is 9.59 Å². The first-order chi connectivity index (χ1) is 12.8. The van der Waals surface area contributed by atoms with Crippen molar-refractivity contribution in [2.75, 3.05) is 11.9 Å². The second kappa shape index (κ2) is 11.5. The van der Waals surface area contributed by atoms with E-state index in [1.807, 2.05) is 45.9 Å². The number of hydrogen-bond donors (Lipinski definition) is 4. The average Bonchev–Trinajstić information content (AvgIpc) is 2.62. The summed E-state index contributed by atoms with van der Waals surface area (Å²) >= 11 is 0. The molecule has 0 aliphatic carbocycles. The van der Waals surface area contributed by atoms with Crippen molar-refractivity contribution in [1.82, 2.24) is 10.6 Å². The first-order valence-electron chi connectivity index (χ1n) is 9.44. The summed E-state index contributed by atoms with van der Waals surface area (Å²) in [5.74, 6) is -0.288. The Hall–Kier alpha value is -2.18. The standard InChI is InChI=1S/C21H33N3O3/c1-6-16(13-25)22-19(15(4)5)21(27)24-18(12-14(2)3)20(26)23-17-10-8-7-9-11-17/h6-11,14-16,18-19,22,25H,1,12-13H2,2-5H3,(H,23,26)(H,24,27). The summed E-state index contributed by atoms with van der Waals surface area (Å²) in [5.41, 5.74) is 0.691. The average molecular weight is 376 g/mol. The van der Waals surface area contributed by atoms with Gasteiger partial charge >= 0.3 is 0 Å². The third kappa shape index (κ3) is 7.93. The molecular weight excluding hydrogens is 342 g/mol. The van der Waals surface area contributed by atoms with Crippen molar-refractivity contribution in [1.29, 1.82) is 0 Å². The summed E-state index contributed by atoms with van der Waals surface area (Å²) in [6, 6.07) is 7.60. The molecule has 0 aliphatic heterocycles. The number of aliphatic hydroxyl groups is 1. The highest BCUT2D eigenvalue weighted by Crippen LogP contribution is 2.12. The highest BCUT2D eigenvalue weighted by molar-refractivity contribution is 5.97. The lowest BCUT2D eigenvalue weighted by Crippen LogP contribution is -2.55. The van der Waals surface area contributed by atoms with Crippen molar-refractivity contribution < 1.29 is 14.7 Å². The zero-order valence-electron chi connectivity index (χ0n) is 16.7. The van der Waals surface area contributed by atoms with Crippen LogP contribution in [0.15, 0.2) is 43.0 Å². The van der Waals surface area contributed by atoms with Crippen LogP contribution in [0.25, 0.3) is 0 Å². The second-order valence-corrected chi connectivity index (χ2v) is 7.46. The normalized spacial score (nSPS) is 14.5. The van der Waals surface area contributed by atoms with Gasteiger partial charge < -0.3 is 15.7 Å². The molecule has 1 aromatic rings. The Balaban J connectivity index is 2.87. The summed E-state index contributed by atoms with van der Waals surface area (Å²) in [7, 11) is 0. The van der Waals surface area contributed by atoms with Crippen LogP contribution in [0.4, 0.5) is 5.69 Å². The molecular formula is C21H33N3O3. The van der Waals surface area contributed by atoms with E-state index in [2.05, 4.69) is 22.5 Å². The maximum Gasteiger partial charge on any atom is 0.246 e. The van der Waals surface area contributed by atoms with E-state index >= 15 is 0 Å². The molecule has 0 saturated heterocycles. The van der Waals surface area contributed by atoms with E-state index in [0.29, 0.717) is 12.1 Å². The van der Waals surface area contributed by atoms with E-state index in [-0.39, 0.29) is 36.3 Å². The molecule has 27 heavy (non-hydrogen) atoms. The number of carbonyl (C=O) groups is 2. The lowest BCUT2D eigenvalue weighted by molar-refractivity contribution is -0.129. The highest BCUT2D eigenvalue weighted by atomic mass is 16.3. The minimum Gasteiger partial charge on any atom is -0.394 e. The van der Waals surface area contributed by atoms with Gasteiger partial charge in [-0.3, -0.25) is 14.9 Å². The Morgan fingerprint density at radius 3 is 2.22 bits per heavy atom. The van der Waals surface area contributed by atoms with Crippen molar-refractivity contribution in [3.05, 3.63) is 43.0 Å². The van der Waals surface area contributed by atoms with Gasteiger partial charge in [-0.05, 0) is 30.4 Å². The van der Waals surface area contributed by atoms with Gasteiger partial charge in [0.1, 0.15) is 6.04 Å². The molecule has 0 heterocycles. The van der Waals surface area contributed by atoms with Crippen molar-refractivity contribution >= 4 is 17.5 Å². The first kappa shape index (κ1) is 22.9. The number of nitrogens with one attached hydrogen (secondary N) is 3. The number of para-hydroxylation sites is 1. The summed E-state index contributed by atoms with van der Waals surface area (Å²) < 4.78 is 0. The minimum absolute atomic E-state index is 0.0177. The van der Waals surface area contributed by atoms with Crippen LogP contribution in [-0.4, -0.2) is 41.7 Å². The molecule has 3 atom stereocenters. The molecule has 0 spiro atoms. The lowest BCUT2D eigenvalue weighted by Gasteiger charge is -2.28. The fourth-order valence-corrected chi connectivity index (χ4v) is 2.71. The van der Waals surface area contributed by atoms with E-state index in [9.17, 15) is 14.7 Å². The third-order valence-electron chi connectivity index (χ3n) is 4.21. The van der Waals surface area contributed by atoms with Crippen molar-refractivity contribution in [3.63, 3.8) is 0 Å². The molecule has 0 aliphatic rings. The zero-order valence-corrected chi connectivity index (χ0v) is 16.7. The third-order valence-corrected chi connectivity index (χ3v) is 4.21. The number of anilines is 1. The van der Waals surface area contributed by atoms with Crippen LogP contribution in [0.5, 0.6) is 0 Å². The van der Waals surface area contributed by atoms with Crippen molar-refractivity contribution in [3.8, 4) is 0 Å². The fraction of sp³-hybridized carbons (Fsp3) is 0.524. The second-order valence-electron chi connectivity index (χ2n) is 7.46. The van der Waals surface area contributed by atoms with E-state index in [1.54, 1.807) is 18.2 Å². The smallest absolute Gasteiger partial charge is 0.246 e. The molecule has 2 amide bonds. The van der Waals surface area contributed by atoms with Crippen LogP contribution in [0.2, 0.25) is 0 Å². The number of amides is 2. The quantitative estimate of drug-likeness (QED) is 0.447. The van der Waals surface area contributed by atoms with Crippen LogP contribution in [0.1, 0.15) is 34.1 Å². The van der Waals surface area contributed by atoms with E-state index in [1.165, 1.54) is 0 Å². The summed E-state index contributed by atoms with van der Waals surface area (Å²) in [6.45, 7) is 11.4. The van der Waals surface area contributed by atoms with Crippen LogP contribution in [0.3, 0.4) is 0 Å². The summed E-state index contributed by atoms with van der Waals surface area (Å²) in [6.07, 6.45) is 2.09. The lowest BCUT2D eigenvalue weighted by atomic mass is 9.99. The predicted molar refractivity (Wildman–Crippen MR) is 109 cm³/mol. The minimum atomic E-state index is -0.642. The molecule has 3 unspecified atom stereocenters. The van der Waals surface area contributed by atoms with Crippen molar-refractivity contribution in [2.45, 2.75) is 52.2 Å². The maximum absolute atomic E-state index is 12.8. The monoisotopic (exact) mass is 375 g/mol. The number of hydrogen-bond acceptors (Lipinski definition) is 4. The molecule has 0 fully saturated rings. The van der Waals surface area contributed by atoms with Crippen LogP contribution >= 0.6 is 0 Å². The van der Waals surface area contributed by atoms with Gasteiger partial charge in [0.15, 0.2) is 0 Å². The molecule has 6 heteroatoms. The molecule has 0 saturated carbocycles. The molecule has 0 radical (unpaired) electrons. The number of carbonyl (C=O) groups excluding carboxylic acids is 2. The van der Waals surface area contributed by atoms with Gasteiger partial charge in [0, 0.05) is 11.7 Å². The number of rotatable bonds is 11. The number of benzene rings is 1. The van der Waals surface area contributed by atoms with Gasteiger partial charge in [-0.2, -0.15) is 0 Å². The maximum atomic E-state index is 12.8. The molecule has 6 nitrogen and oxygen atoms in total. The SMILES string of the molecule is C=CC(CO)NC(C(=O)NC(CC(C)C)C(=O)Nc1ccccc1)C(C)C. The Labute approximate surface area is 162 Å². The van der Waals surface area contributed by atoms with E-state index < -0.39 is 12.1 Å². The van der Waals surface area contributed by atoms with Gasteiger partial charge in [0.25, 0.3) is 0 Å². The van der Waals surface area contributed by atoms with Gasteiger partial charge in [-0.15, -0.1) is 6.58 Å². The summed E-state index contributed by atoms with van der Waals surface area (Å²) in [5, 5.41) is 18.2. The van der Waals surface area contributed by atoms with Gasteiger partial charge in [-0.25, -0.2) is 0 Å². The Kier molecular flexibility index (Phi) is 9.75. The predicted octanol–water partition coefficient (Wildman–Crippen LogP) is 2.32. The first-order valence-corrected chi connectivity index (χ1v) is 9.44. The zero-order chi connectivity index (χ0) is 20.4. The Bertz CT molecular complexity index is 602. The van der Waals surface area contributed by atoms with Crippen molar-refractivity contribution in [2.24, 2.45) is 11.8 Å². The van der Waals surface area contributed by atoms with Gasteiger partial charge in [0.2, 0.25) is 11.8 Å². The van der Waals surface area contributed by atoms with Gasteiger partial charge in [0.05, 0.1) is 12.6 Å². The van der Waals surface area contributed by atoms with Crippen LogP contribution < -0.4 is 16.0 Å². The number of aliphatic hydroxyl groups excluding tert-OH is 1. The topological polar surface area (TPSA) is 90.5 Å². The largest absolute Gasteiger partial charge is 0.394 e. The van der Waals surface area contributed by atoms with E-state index in [0.717, 1.165) is 0 Å². The molecule has 4 N–H and O–H groups in total. The molecule has 1 rings (SSSR count). The van der Waals surface area contributed by atoms with E-state index in [4.69, 9.17) is 0 Å². The molecule has 150 valence electrons. The molecule has 0 bridgehead atoms. The molecule has 1 aromatic carbocycles. The Morgan fingerprint density at radius 1 is 1.11 bits per heavy atom. The van der Waals surface area contributed by atoms with Gasteiger partial charge in [-0.1, -0.05) is 52.0 Å². The highest BCUT2D eigenvalue weighted by Gasteiger charge is 2.29.